The molecule has 430 valence electrons. The Kier molecular flexibility index (Phi) is 21.9. The van der Waals surface area contributed by atoms with Crippen LogP contribution in [0.5, 0.6) is 0 Å². The van der Waals surface area contributed by atoms with Crippen LogP contribution in [-0.2, 0) is 66.4 Å². The van der Waals surface area contributed by atoms with E-state index in [-0.39, 0.29) is 0 Å². The van der Waals surface area contributed by atoms with Gasteiger partial charge in [0, 0.05) is 21.0 Å². The largest absolute Gasteiger partial charge is 0.394 e. The lowest BCUT2D eigenvalue weighted by molar-refractivity contribution is -0.384. The Morgan fingerprint density at radius 1 is 0.378 bits per heavy atom. The Hall–Kier alpha value is -2.22. The van der Waals surface area contributed by atoms with Crippen LogP contribution >= 0.6 is 0 Å². The zero-order valence-corrected chi connectivity index (χ0v) is 39.9. The van der Waals surface area contributed by atoms with E-state index < -0.39 is 236 Å². The summed E-state index contributed by atoms with van der Waals surface area (Å²) in [7, 11) is 1.16. The SMILES string of the molecule is CO[C@@H]1[C@@H](OC[C@H]2O[C@H](OC[C@H]3O[C@@H](O[C@H]4[C@H](O)[C@@H](NC(C)=O)[C@H](O[C@H]5[C@H](O)[C@@H](NC(C)=O)[C@H](O)O[C@@H]5CO)O[C@@H]4CO)[C@@H](O)[C@@H](O[C@H]4O[C@H](CO)[C@@H](O)[C@H](O)[C@@H]4O)[C@@H]3O)[C@@H](O)[C@@H](O)[C@@H]2O)O[C@H](CO)[C@@H](O)[C@@H]1O. The van der Waals surface area contributed by atoms with E-state index in [1.54, 1.807) is 0 Å². The quantitative estimate of drug-likeness (QED) is 0.0571. The maximum absolute atomic E-state index is 12.6. The maximum atomic E-state index is 12.6. The normalized spacial score (nSPS) is 49.2. The summed E-state index contributed by atoms with van der Waals surface area (Å²) in [6, 6.07) is -3.27. The fourth-order valence-corrected chi connectivity index (χ4v) is 9.35. The van der Waals surface area contributed by atoms with Crippen LogP contribution in [0.3, 0.4) is 0 Å². The average molecular weight is 1090 g/mol. The van der Waals surface area contributed by atoms with Crippen molar-refractivity contribution in [2.75, 3.05) is 46.8 Å². The molecule has 0 bridgehead atoms. The molecule has 33 nitrogen and oxygen atoms in total. The van der Waals surface area contributed by atoms with E-state index in [1.165, 1.54) is 0 Å². The zero-order valence-electron chi connectivity index (χ0n) is 39.9. The summed E-state index contributed by atoms with van der Waals surface area (Å²) in [5.74, 6) is -1.54. The summed E-state index contributed by atoms with van der Waals surface area (Å²) in [5, 5.41) is 187. The summed E-state index contributed by atoms with van der Waals surface area (Å²) in [4.78, 5) is 24.4. The van der Waals surface area contributed by atoms with Crippen LogP contribution in [0.25, 0.3) is 0 Å². The Balaban J connectivity index is 1.23. The predicted octanol–water partition coefficient (Wildman–Crippen LogP) is -13.2. The number of aliphatic hydroxyl groups excluding tert-OH is 17. The van der Waals surface area contributed by atoms with Gasteiger partial charge in [-0.2, -0.15) is 0 Å². The molecular formula is C41H70N2O31. The smallest absolute Gasteiger partial charge is 0.217 e. The fraction of sp³-hybridized carbons (Fsp3) is 0.951. The van der Waals surface area contributed by atoms with Crippen molar-refractivity contribution < 1.29 is 153 Å². The minimum Gasteiger partial charge on any atom is -0.394 e. The Labute approximate surface area is 420 Å². The molecule has 6 aliphatic rings. The molecule has 0 saturated carbocycles. The summed E-state index contributed by atoms with van der Waals surface area (Å²) in [6.45, 7) is -3.13. The van der Waals surface area contributed by atoms with Crippen molar-refractivity contribution in [3.8, 4) is 0 Å². The van der Waals surface area contributed by atoms with Crippen molar-refractivity contribution in [1.82, 2.24) is 10.6 Å². The molecule has 30 atom stereocenters. The second-order valence-electron chi connectivity index (χ2n) is 18.5. The molecule has 6 heterocycles. The van der Waals surface area contributed by atoms with Gasteiger partial charge in [-0.3, -0.25) is 9.59 Å². The van der Waals surface area contributed by atoms with Gasteiger partial charge in [0.1, 0.15) is 146 Å². The number of nitrogens with one attached hydrogen (secondary N) is 2. The van der Waals surface area contributed by atoms with Crippen molar-refractivity contribution >= 4 is 11.8 Å². The first-order valence-electron chi connectivity index (χ1n) is 23.5. The maximum Gasteiger partial charge on any atom is 0.217 e. The Morgan fingerprint density at radius 3 is 1.32 bits per heavy atom. The predicted molar refractivity (Wildman–Crippen MR) is 227 cm³/mol. The number of carbonyl (C=O) groups is 2. The molecule has 6 aliphatic heterocycles. The van der Waals surface area contributed by atoms with E-state index in [1.807, 2.05) is 0 Å². The molecule has 0 unspecified atom stereocenters. The lowest BCUT2D eigenvalue weighted by Crippen LogP contribution is -2.70. The third-order valence-corrected chi connectivity index (χ3v) is 13.4. The van der Waals surface area contributed by atoms with E-state index in [9.17, 15) is 96.4 Å². The van der Waals surface area contributed by atoms with E-state index in [2.05, 4.69) is 10.6 Å². The second kappa shape index (κ2) is 26.6. The lowest BCUT2D eigenvalue weighted by Gasteiger charge is -2.50. The Bertz CT molecular complexity index is 1770. The topological polar surface area (TPSA) is 513 Å². The van der Waals surface area contributed by atoms with Gasteiger partial charge < -0.3 is 154 Å². The van der Waals surface area contributed by atoms with Crippen molar-refractivity contribution in [3.63, 3.8) is 0 Å². The van der Waals surface area contributed by atoms with Gasteiger partial charge in [0.25, 0.3) is 0 Å². The molecule has 6 fully saturated rings. The Morgan fingerprint density at radius 2 is 0.770 bits per heavy atom. The van der Waals surface area contributed by atoms with Crippen LogP contribution in [0.1, 0.15) is 13.8 Å². The number of methoxy groups -OCH3 is 1. The van der Waals surface area contributed by atoms with Crippen LogP contribution in [0.15, 0.2) is 0 Å². The van der Waals surface area contributed by atoms with Gasteiger partial charge in [-0.05, 0) is 0 Å². The van der Waals surface area contributed by atoms with E-state index in [4.69, 9.17) is 56.8 Å². The molecule has 0 spiro atoms. The van der Waals surface area contributed by atoms with Crippen molar-refractivity contribution in [3.05, 3.63) is 0 Å². The third kappa shape index (κ3) is 13.3. The molecular weight excluding hydrogens is 1020 g/mol. The highest BCUT2D eigenvalue weighted by Gasteiger charge is 2.57. The number of rotatable bonds is 19. The van der Waals surface area contributed by atoms with Crippen molar-refractivity contribution in [1.29, 1.82) is 0 Å². The highest BCUT2D eigenvalue weighted by atomic mass is 16.8. The number of hydrogen-bond acceptors (Lipinski definition) is 31. The minimum atomic E-state index is -2.25. The molecule has 2 amide bonds. The number of aliphatic hydroxyl groups is 17. The van der Waals surface area contributed by atoms with Gasteiger partial charge >= 0.3 is 0 Å². The summed E-state index contributed by atoms with van der Waals surface area (Å²) >= 11 is 0. The molecule has 6 saturated heterocycles. The third-order valence-electron chi connectivity index (χ3n) is 13.4. The first kappa shape index (κ1) is 61.0. The number of ether oxygens (including phenoxy) is 12. The molecule has 0 radical (unpaired) electrons. The molecule has 0 aromatic carbocycles. The highest BCUT2D eigenvalue weighted by Crippen LogP contribution is 2.36. The number of amides is 2. The first-order valence-corrected chi connectivity index (χ1v) is 23.5. The van der Waals surface area contributed by atoms with Gasteiger partial charge in [-0.25, -0.2) is 0 Å². The molecule has 19 N–H and O–H groups in total. The van der Waals surface area contributed by atoms with Gasteiger partial charge in [0.05, 0.1) is 39.6 Å². The zero-order chi connectivity index (χ0) is 54.6. The highest BCUT2D eigenvalue weighted by molar-refractivity contribution is 5.73. The van der Waals surface area contributed by atoms with E-state index in [0.29, 0.717) is 0 Å². The molecule has 33 heteroatoms. The van der Waals surface area contributed by atoms with Gasteiger partial charge in [0.2, 0.25) is 11.8 Å². The van der Waals surface area contributed by atoms with Crippen LogP contribution in [0, 0.1) is 0 Å². The fourth-order valence-electron chi connectivity index (χ4n) is 9.35. The molecule has 0 aromatic heterocycles. The monoisotopic (exact) mass is 1090 g/mol. The minimum absolute atomic E-state index is 0.684. The summed E-state index contributed by atoms with van der Waals surface area (Å²) in [6.07, 6.45) is -51.3. The van der Waals surface area contributed by atoms with Crippen LogP contribution in [0.4, 0.5) is 0 Å². The van der Waals surface area contributed by atoms with Gasteiger partial charge in [0.15, 0.2) is 37.7 Å². The van der Waals surface area contributed by atoms with E-state index >= 15 is 0 Å². The molecule has 0 aliphatic carbocycles. The summed E-state index contributed by atoms with van der Waals surface area (Å²) < 4.78 is 68.1. The molecule has 6 rings (SSSR count). The van der Waals surface area contributed by atoms with Crippen molar-refractivity contribution in [2.24, 2.45) is 0 Å². The van der Waals surface area contributed by atoms with Crippen LogP contribution < -0.4 is 10.6 Å². The van der Waals surface area contributed by atoms with Crippen LogP contribution in [-0.4, -0.2) is 329 Å². The summed E-state index contributed by atoms with van der Waals surface area (Å²) in [5.41, 5.74) is 0. The standard InChI is InChI=1S/C41H70N2O31/c1-10(48)42-18-24(54)32(14(6-46)66-36(18)62)72-37-19(43-11(2)49)25(55)33(15(7-47)69-37)73-40-31(61)34(74-39-30(60)26(56)20(50)12(4-44)67-39)23(53)17(71-40)9-64-38-29(59)27(57)22(52)16(70-38)8-65-41-35(63-3)28(58)21(51)13(5-45)68-41/h12-41,44-47,50-62H,4-9H2,1-3H3,(H,42,48)(H,43,49)/t12-,13-,14-,15-,16-,17-,18-,19-,20-,21-,22-,23-,24-,25-,26+,27+,28+,29+,30+,31+,32-,33-,34+,35+,36-,37+,38+,39-,40+,41+/m1/s1. The van der Waals surface area contributed by atoms with E-state index in [0.717, 1.165) is 21.0 Å². The van der Waals surface area contributed by atoms with Gasteiger partial charge in [-0.1, -0.05) is 0 Å². The first-order chi connectivity index (χ1) is 35.0. The average Bonchev–Trinajstić information content (AvgIpc) is 3.36. The molecule has 74 heavy (non-hydrogen) atoms. The van der Waals surface area contributed by atoms with Crippen LogP contribution in [0.2, 0.25) is 0 Å². The number of carbonyl (C=O) groups excluding carboxylic acids is 2. The van der Waals surface area contributed by atoms with Crippen molar-refractivity contribution in [2.45, 2.75) is 198 Å². The molecule has 0 aromatic rings. The lowest BCUT2D eigenvalue weighted by atomic mass is 9.94. The second-order valence-corrected chi connectivity index (χ2v) is 18.5. The van der Waals surface area contributed by atoms with Gasteiger partial charge in [-0.15, -0.1) is 0 Å². The number of hydrogen-bond donors (Lipinski definition) is 19.